The molecule has 2 rings (SSSR count). The van der Waals surface area contributed by atoms with Crippen LogP contribution in [0.25, 0.3) is 5.69 Å². The molecule has 0 unspecified atom stereocenters. The van der Waals surface area contributed by atoms with Crippen LogP contribution in [0.2, 0.25) is 0 Å². The van der Waals surface area contributed by atoms with Crippen molar-refractivity contribution in [2.24, 2.45) is 5.73 Å². The molecule has 0 saturated heterocycles. The molecule has 1 aromatic heterocycles. The maximum Gasteiger partial charge on any atom is 0.269 e. The number of nitrogens with one attached hydrogen (secondary N) is 1. The molecule has 0 bridgehead atoms. The van der Waals surface area contributed by atoms with Crippen LogP contribution in [0.1, 0.15) is 36.8 Å². The van der Waals surface area contributed by atoms with E-state index in [9.17, 15) is 9.18 Å². The summed E-state index contributed by atoms with van der Waals surface area (Å²) in [5, 5.41) is 7.24. The van der Waals surface area contributed by atoms with Crippen molar-refractivity contribution >= 4 is 5.91 Å². The molecule has 6 heteroatoms. The highest BCUT2D eigenvalue weighted by atomic mass is 19.1. The highest BCUT2D eigenvalue weighted by Gasteiger charge is 2.12. The smallest absolute Gasteiger partial charge is 0.269 e. The standard InChI is InChI=1S/C15H19FN4O/c1-15(2,3)18-9-10-4-5-13(11(16)8-10)20-7-6-12(19-20)14(17)21/h4-8,18H,9H2,1-3H3,(H2,17,21). The molecule has 0 spiro atoms. The van der Waals surface area contributed by atoms with E-state index in [-0.39, 0.29) is 16.9 Å². The van der Waals surface area contributed by atoms with Crippen LogP contribution in [0, 0.1) is 5.82 Å². The number of carbonyl (C=O) groups is 1. The summed E-state index contributed by atoms with van der Waals surface area (Å²) in [6.45, 7) is 6.72. The number of primary amides is 1. The minimum Gasteiger partial charge on any atom is -0.364 e. The van der Waals surface area contributed by atoms with Crippen LogP contribution < -0.4 is 11.1 Å². The fourth-order valence-electron chi connectivity index (χ4n) is 1.80. The molecule has 0 atom stereocenters. The summed E-state index contributed by atoms with van der Waals surface area (Å²) in [7, 11) is 0. The van der Waals surface area contributed by atoms with Crippen LogP contribution in [0.15, 0.2) is 30.5 Å². The second-order valence-electron chi connectivity index (χ2n) is 5.90. The lowest BCUT2D eigenvalue weighted by atomic mass is 10.1. The Morgan fingerprint density at radius 2 is 2.10 bits per heavy atom. The van der Waals surface area contributed by atoms with Crippen LogP contribution in [-0.4, -0.2) is 21.2 Å². The summed E-state index contributed by atoms with van der Waals surface area (Å²) in [6.07, 6.45) is 1.51. The van der Waals surface area contributed by atoms with E-state index in [0.29, 0.717) is 6.54 Å². The number of hydrogen-bond donors (Lipinski definition) is 2. The van der Waals surface area contributed by atoms with Crippen molar-refractivity contribution in [2.75, 3.05) is 0 Å². The zero-order chi connectivity index (χ0) is 15.6. The molecular formula is C15H19FN4O. The van der Waals surface area contributed by atoms with Gasteiger partial charge in [-0.25, -0.2) is 9.07 Å². The summed E-state index contributed by atoms with van der Waals surface area (Å²) in [5.41, 5.74) is 6.32. The Labute approximate surface area is 123 Å². The van der Waals surface area contributed by atoms with Gasteiger partial charge < -0.3 is 11.1 Å². The number of nitrogens with two attached hydrogens (primary N) is 1. The van der Waals surface area contributed by atoms with E-state index in [2.05, 4.69) is 10.4 Å². The van der Waals surface area contributed by atoms with E-state index in [1.165, 1.54) is 23.0 Å². The monoisotopic (exact) mass is 290 g/mol. The summed E-state index contributed by atoms with van der Waals surface area (Å²) < 4.78 is 15.5. The van der Waals surface area contributed by atoms with E-state index in [1.54, 1.807) is 6.07 Å². The predicted molar refractivity (Wildman–Crippen MR) is 78.6 cm³/mol. The first-order valence-electron chi connectivity index (χ1n) is 6.65. The molecule has 3 N–H and O–H groups in total. The van der Waals surface area contributed by atoms with Crippen LogP contribution in [-0.2, 0) is 6.54 Å². The Kier molecular flexibility index (Phi) is 4.09. The van der Waals surface area contributed by atoms with Crippen molar-refractivity contribution in [1.82, 2.24) is 15.1 Å². The lowest BCUT2D eigenvalue weighted by Crippen LogP contribution is -2.35. The molecule has 0 aliphatic carbocycles. The van der Waals surface area contributed by atoms with Gasteiger partial charge in [0.2, 0.25) is 0 Å². The van der Waals surface area contributed by atoms with Gasteiger partial charge in [0.25, 0.3) is 5.91 Å². The van der Waals surface area contributed by atoms with E-state index in [0.717, 1.165) is 5.56 Å². The van der Waals surface area contributed by atoms with E-state index in [1.807, 2.05) is 26.8 Å². The third-order valence-corrected chi connectivity index (χ3v) is 2.92. The van der Waals surface area contributed by atoms with Gasteiger partial charge in [0.15, 0.2) is 0 Å². The van der Waals surface area contributed by atoms with Crippen molar-refractivity contribution in [3.8, 4) is 5.69 Å². The quantitative estimate of drug-likeness (QED) is 0.904. The van der Waals surface area contributed by atoms with Gasteiger partial charge in [-0.15, -0.1) is 0 Å². The summed E-state index contributed by atoms with van der Waals surface area (Å²) in [6, 6.07) is 6.37. The highest BCUT2D eigenvalue weighted by molar-refractivity contribution is 5.90. The second-order valence-corrected chi connectivity index (χ2v) is 5.90. The highest BCUT2D eigenvalue weighted by Crippen LogP contribution is 2.15. The topological polar surface area (TPSA) is 72.9 Å². The average Bonchev–Trinajstić information content (AvgIpc) is 2.85. The van der Waals surface area contributed by atoms with Crippen molar-refractivity contribution in [3.63, 3.8) is 0 Å². The predicted octanol–water partition coefficient (Wildman–Crippen LogP) is 2.00. The molecule has 1 aromatic carbocycles. The SMILES string of the molecule is CC(C)(C)NCc1ccc(-n2ccc(C(N)=O)n2)c(F)c1. The number of rotatable bonds is 4. The molecule has 0 aliphatic heterocycles. The lowest BCUT2D eigenvalue weighted by Gasteiger charge is -2.20. The third kappa shape index (κ3) is 3.88. The van der Waals surface area contributed by atoms with E-state index in [4.69, 9.17) is 5.73 Å². The minimum absolute atomic E-state index is 0.0342. The van der Waals surface area contributed by atoms with Crippen molar-refractivity contribution in [3.05, 3.63) is 47.5 Å². The largest absolute Gasteiger partial charge is 0.364 e. The molecule has 0 radical (unpaired) electrons. The van der Waals surface area contributed by atoms with Gasteiger partial charge in [0, 0.05) is 18.3 Å². The zero-order valence-corrected chi connectivity index (χ0v) is 12.4. The van der Waals surface area contributed by atoms with Gasteiger partial charge in [-0.1, -0.05) is 6.07 Å². The van der Waals surface area contributed by atoms with Crippen LogP contribution in [0.5, 0.6) is 0 Å². The van der Waals surface area contributed by atoms with Crippen LogP contribution in [0.4, 0.5) is 4.39 Å². The number of halogens is 1. The Balaban J connectivity index is 2.20. The summed E-state index contributed by atoms with van der Waals surface area (Å²) >= 11 is 0. The fourth-order valence-corrected chi connectivity index (χ4v) is 1.80. The molecule has 2 aromatic rings. The molecule has 0 saturated carbocycles. The number of amides is 1. The number of benzene rings is 1. The van der Waals surface area contributed by atoms with Crippen LogP contribution in [0.3, 0.4) is 0 Å². The first kappa shape index (κ1) is 15.2. The summed E-state index contributed by atoms with van der Waals surface area (Å²) in [5.74, 6) is -1.04. The number of carbonyl (C=O) groups excluding carboxylic acids is 1. The Morgan fingerprint density at radius 1 is 1.38 bits per heavy atom. The Morgan fingerprint density at radius 3 is 2.62 bits per heavy atom. The number of hydrogen-bond acceptors (Lipinski definition) is 3. The summed E-state index contributed by atoms with van der Waals surface area (Å²) in [4.78, 5) is 11.0. The van der Waals surface area contributed by atoms with Gasteiger partial charge in [-0.2, -0.15) is 5.10 Å². The van der Waals surface area contributed by atoms with Gasteiger partial charge in [0.05, 0.1) is 0 Å². The zero-order valence-electron chi connectivity index (χ0n) is 12.4. The molecule has 5 nitrogen and oxygen atoms in total. The average molecular weight is 290 g/mol. The van der Waals surface area contributed by atoms with Crippen LogP contribution >= 0.6 is 0 Å². The van der Waals surface area contributed by atoms with Gasteiger partial charge >= 0.3 is 0 Å². The molecule has 1 amide bonds. The normalized spacial score (nSPS) is 11.6. The maximum absolute atomic E-state index is 14.2. The van der Waals surface area contributed by atoms with Gasteiger partial charge in [-0.05, 0) is 44.5 Å². The van der Waals surface area contributed by atoms with E-state index >= 15 is 0 Å². The molecule has 0 aliphatic rings. The number of nitrogens with zero attached hydrogens (tertiary/aromatic N) is 2. The second kappa shape index (κ2) is 5.65. The number of aromatic nitrogens is 2. The molecule has 0 fully saturated rings. The minimum atomic E-state index is -0.639. The first-order valence-corrected chi connectivity index (χ1v) is 6.65. The van der Waals surface area contributed by atoms with Crippen molar-refractivity contribution in [2.45, 2.75) is 32.9 Å². The Hall–Kier alpha value is -2.21. The molecular weight excluding hydrogens is 271 g/mol. The molecule has 112 valence electrons. The lowest BCUT2D eigenvalue weighted by molar-refractivity contribution is 0.0995. The van der Waals surface area contributed by atoms with Crippen molar-refractivity contribution in [1.29, 1.82) is 0 Å². The van der Waals surface area contributed by atoms with Gasteiger partial charge in [0.1, 0.15) is 17.2 Å². The van der Waals surface area contributed by atoms with Crippen molar-refractivity contribution < 1.29 is 9.18 Å². The Bertz CT molecular complexity index is 658. The maximum atomic E-state index is 14.2. The first-order chi connectivity index (χ1) is 9.76. The fraction of sp³-hybridized carbons (Fsp3) is 0.333. The van der Waals surface area contributed by atoms with E-state index < -0.39 is 11.7 Å². The third-order valence-electron chi connectivity index (χ3n) is 2.92. The molecule has 21 heavy (non-hydrogen) atoms. The van der Waals surface area contributed by atoms with Gasteiger partial charge in [-0.3, -0.25) is 4.79 Å². The molecule has 1 heterocycles.